The molecule has 0 saturated heterocycles. The third kappa shape index (κ3) is 2.05. The topological polar surface area (TPSA) is 65.2 Å². The molecule has 1 aliphatic heterocycles. The van der Waals surface area contributed by atoms with Gasteiger partial charge in [-0.3, -0.25) is 4.79 Å². The number of amides is 1. The Kier molecular flexibility index (Phi) is 2.71. The number of benzene rings is 1. The van der Waals surface area contributed by atoms with Crippen molar-refractivity contribution in [3.63, 3.8) is 0 Å². The van der Waals surface area contributed by atoms with Crippen LogP contribution >= 0.6 is 0 Å². The maximum atomic E-state index is 11.2. The van der Waals surface area contributed by atoms with Crippen LogP contribution in [0.15, 0.2) is 36.5 Å². The molecule has 0 bridgehead atoms. The Morgan fingerprint density at radius 2 is 2.21 bits per heavy atom. The van der Waals surface area contributed by atoms with E-state index in [0.717, 1.165) is 28.9 Å². The maximum absolute atomic E-state index is 11.2. The Hall–Kier alpha value is -2.36. The number of hydrogen-bond acceptors (Lipinski definition) is 3. The van der Waals surface area contributed by atoms with E-state index in [9.17, 15) is 4.79 Å². The third-order valence-corrected chi connectivity index (χ3v) is 3.45. The van der Waals surface area contributed by atoms with Crippen molar-refractivity contribution in [1.29, 1.82) is 0 Å². The van der Waals surface area contributed by atoms with Crippen molar-refractivity contribution in [3.8, 4) is 11.6 Å². The largest absolute Gasteiger partial charge is 0.438 e. The highest BCUT2D eigenvalue weighted by molar-refractivity contribution is 5.81. The van der Waals surface area contributed by atoms with E-state index in [1.54, 1.807) is 6.20 Å². The van der Waals surface area contributed by atoms with Crippen LogP contribution in [0.5, 0.6) is 11.6 Å². The van der Waals surface area contributed by atoms with Crippen LogP contribution in [-0.2, 0) is 11.2 Å². The minimum atomic E-state index is -0.321. The summed E-state index contributed by atoms with van der Waals surface area (Å²) in [7, 11) is 0. The molecule has 0 spiro atoms. The molecule has 19 heavy (non-hydrogen) atoms. The molecule has 0 fully saturated rings. The highest BCUT2D eigenvalue weighted by Gasteiger charge is 2.20. The van der Waals surface area contributed by atoms with Gasteiger partial charge in [-0.1, -0.05) is 18.2 Å². The van der Waals surface area contributed by atoms with Gasteiger partial charge in [-0.15, -0.1) is 0 Å². The van der Waals surface area contributed by atoms with Gasteiger partial charge in [0.2, 0.25) is 11.8 Å². The molecule has 1 aromatic heterocycles. The van der Waals surface area contributed by atoms with E-state index in [1.165, 1.54) is 0 Å². The second kappa shape index (κ2) is 4.39. The highest BCUT2D eigenvalue weighted by atomic mass is 16.5. The normalized spacial score (nSPS) is 13.9. The number of nitrogens with zero attached hydrogens (tertiary/aromatic N) is 1. The molecular weight excluding hydrogens is 240 g/mol. The first kappa shape index (κ1) is 11.7. The molecule has 0 saturated carbocycles. The number of ether oxygens (including phenoxy) is 1. The zero-order chi connectivity index (χ0) is 13.4. The van der Waals surface area contributed by atoms with Crippen LogP contribution in [-0.4, -0.2) is 10.9 Å². The Morgan fingerprint density at radius 1 is 1.37 bits per heavy atom. The van der Waals surface area contributed by atoms with E-state index in [0.29, 0.717) is 5.88 Å². The second-order valence-corrected chi connectivity index (χ2v) is 4.74. The van der Waals surface area contributed by atoms with Gasteiger partial charge in [0.15, 0.2) is 0 Å². The number of rotatable bonds is 2. The van der Waals surface area contributed by atoms with Crippen molar-refractivity contribution in [2.45, 2.75) is 19.3 Å². The summed E-state index contributed by atoms with van der Waals surface area (Å²) in [5.41, 5.74) is 8.37. The lowest BCUT2D eigenvalue weighted by Gasteiger charge is -2.20. The van der Waals surface area contributed by atoms with Crippen LogP contribution in [0.25, 0.3) is 0 Å². The van der Waals surface area contributed by atoms with Gasteiger partial charge in [0, 0.05) is 18.2 Å². The summed E-state index contributed by atoms with van der Waals surface area (Å²) in [6.45, 7) is 1.81. The standard InChI is InChI=1S/C15H14N2O2/c1-9(14(16)18)10-4-5-13-12(7-10)8-11-3-2-6-17-15(11)19-13/h2-7,9H,8H2,1H3,(H2,16,18). The smallest absolute Gasteiger partial charge is 0.224 e. The van der Waals surface area contributed by atoms with Crippen LogP contribution in [0.1, 0.15) is 29.5 Å². The summed E-state index contributed by atoms with van der Waals surface area (Å²) in [6, 6.07) is 9.63. The number of primary amides is 1. The van der Waals surface area contributed by atoms with E-state index >= 15 is 0 Å². The molecule has 3 rings (SSSR count). The number of pyridine rings is 1. The van der Waals surface area contributed by atoms with Crippen molar-refractivity contribution in [1.82, 2.24) is 4.98 Å². The number of aromatic nitrogens is 1. The molecule has 1 aliphatic rings. The van der Waals surface area contributed by atoms with Crippen molar-refractivity contribution in [3.05, 3.63) is 53.2 Å². The first-order chi connectivity index (χ1) is 9.15. The molecule has 4 nitrogen and oxygen atoms in total. The SMILES string of the molecule is CC(C(N)=O)c1ccc2c(c1)Cc1cccnc1O2. The maximum Gasteiger partial charge on any atom is 0.224 e. The van der Waals surface area contributed by atoms with Crippen molar-refractivity contribution >= 4 is 5.91 Å². The molecular formula is C15H14N2O2. The average molecular weight is 254 g/mol. The minimum absolute atomic E-state index is 0.291. The highest BCUT2D eigenvalue weighted by Crippen LogP contribution is 2.36. The van der Waals surface area contributed by atoms with E-state index in [4.69, 9.17) is 10.5 Å². The van der Waals surface area contributed by atoms with E-state index < -0.39 is 0 Å². The second-order valence-electron chi connectivity index (χ2n) is 4.74. The molecule has 96 valence electrons. The Labute approximate surface area is 111 Å². The number of hydrogen-bond donors (Lipinski definition) is 1. The quantitative estimate of drug-likeness (QED) is 0.763. The fraction of sp³-hybridized carbons (Fsp3) is 0.200. The van der Waals surface area contributed by atoms with Gasteiger partial charge >= 0.3 is 0 Å². The molecule has 1 amide bonds. The first-order valence-electron chi connectivity index (χ1n) is 6.19. The van der Waals surface area contributed by atoms with Crippen LogP contribution in [0.3, 0.4) is 0 Å². The van der Waals surface area contributed by atoms with Gasteiger partial charge in [0.1, 0.15) is 5.75 Å². The number of fused-ring (bicyclic) bond motifs is 2. The van der Waals surface area contributed by atoms with Gasteiger partial charge in [0.05, 0.1) is 5.92 Å². The Balaban J connectivity index is 1.98. The number of nitrogens with two attached hydrogens (primary N) is 1. The van der Waals surface area contributed by atoms with Gasteiger partial charge in [-0.05, 0) is 30.2 Å². The molecule has 0 radical (unpaired) electrons. The Bertz CT molecular complexity index is 652. The van der Waals surface area contributed by atoms with Gasteiger partial charge in [0.25, 0.3) is 0 Å². The molecule has 2 N–H and O–H groups in total. The molecule has 0 aliphatic carbocycles. The molecule has 1 aromatic carbocycles. The van der Waals surface area contributed by atoms with Crippen LogP contribution < -0.4 is 10.5 Å². The van der Waals surface area contributed by atoms with Crippen LogP contribution in [0, 0.1) is 0 Å². The molecule has 2 heterocycles. The van der Waals surface area contributed by atoms with Crippen LogP contribution in [0.4, 0.5) is 0 Å². The monoisotopic (exact) mass is 254 g/mol. The summed E-state index contributed by atoms with van der Waals surface area (Å²) >= 11 is 0. The fourth-order valence-electron chi connectivity index (χ4n) is 2.23. The lowest BCUT2D eigenvalue weighted by atomic mass is 9.94. The van der Waals surface area contributed by atoms with Gasteiger partial charge < -0.3 is 10.5 Å². The summed E-state index contributed by atoms with van der Waals surface area (Å²) in [4.78, 5) is 15.5. The number of carbonyl (C=O) groups is 1. The predicted molar refractivity (Wildman–Crippen MR) is 71.2 cm³/mol. The fourth-order valence-corrected chi connectivity index (χ4v) is 2.23. The summed E-state index contributed by atoms with van der Waals surface area (Å²) in [6.07, 6.45) is 2.48. The lowest BCUT2D eigenvalue weighted by Crippen LogP contribution is -2.19. The van der Waals surface area contributed by atoms with E-state index in [2.05, 4.69) is 4.98 Å². The van der Waals surface area contributed by atoms with Crippen molar-refractivity contribution < 1.29 is 9.53 Å². The lowest BCUT2D eigenvalue weighted by molar-refractivity contribution is -0.119. The number of carbonyl (C=O) groups excluding carboxylic acids is 1. The summed E-state index contributed by atoms with van der Waals surface area (Å²) in [5.74, 6) is 0.844. The van der Waals surface area contributed by atoms with E-state index in [-0.39, 0.29) is 11.8 Å². The van der Waals surface area contributed by atoms with Crippen molar-refractivity contribution in [2.75, 3.05) is 0 Å². The zero-order valence-corrected chi connectivity index (χ0v) is 10.6. The van der Waals surface area contributed by atoms with E-state index in [1.807, 2.05) is 37.3 Å². The zero-order valence-electron chi connectivity index (χ0n) is 10.6. The van der Waals surface area contributed by atoms with Crippen molar-refractivity contribution in [2.24, 2.45) is 5.73 Å². The third-order valence-electron chi connectivity index (χ3n) is 3.45. The minimum Gasteiger partial charge on any atom is -0.438 e. The molecule has 2 aromatic rings. The van der Waals surface area contributed by atoms with Gasteiger partial charge in [-0.25, -0.2) is 4.98 Å². The average Bonchev–Trinajstić information content (AvgIpc) is 2.43. The molecule has 1 unspecified atom stereocenters. The first-order valence-corrected chi connectivity index (χ1v) is 6.19. The van der Waals surface area contributed by atoms with Gasteiger partial charge in [-0.2, -0.15) is 0 Å². The molecule has 1 atom stereocenters. The predicted octanol–water partition coefficient (Wildman–Crippen LogP) is 2.37. The molecule has 4 heteroatoms. The van der Waals surface area contributed by atoms with Crippen LogP contribution in [0.2, 0.25) is 0 Å². The Morgan fingerprint density at radius 3 is 3.00 bits per heavy atom. The summed E-state index contributed by atoms with van der Waals surface area (Å²) < 4.78 is 5.75. The summed E-state index contributed by atoms with van der Waals surface area (Å²) in [5, 5.41) is 0.